The van der Waals surface area contributed by atoms with Gasteiger partial charge in [-0.2, -0.15) is 5.10 Å². The Labute approximate surface area is 108 Å². The molecule has 1 N–H and O–H groups in total. The molecule has 100 valence electrons. The number of piperidine rings is 1. The Morgan fingerprint density at radius 1 is 1.61 bits per heavy atom. The third-order valence-electron chi connectivity index (χ3n) is 3.45. The van der Waals surface area contributed by atoms with Crippen LogP contribution in [-0.4, -0.2) is 46.3 Å². The molecule has 0 radical (unpaired) electrons. The van der Waals surface area contributed by atoms with Crippen molar-refractivity contribution in [2.75, 3.05) is 19.6 Å². The van der Waals surface area contributed by atoms with Gasteiger partial charge in [-0.1, -0.05) is 6.92 Å². The highest BCUT2D eigenvalue weighted by Gasteiger charge is 2.25. The van der Waals surface area contributed by atoms with Crippen LogP contribution in [0.4, 0.5) is 0 Å². The first kappa shape index (κ1) is 13.1. The highest BCUT2D eigenvalue weighted by molar-refractivity contribution is 5.95. The summed E-state index contributed by atoms with van der Waals surface area (Å²) in [6, 6.07) is 0.435. The molecule has 0 aliphatic carbocycles. The van der Waals surface area contributed by atoms with Gasteiger partial charge in [-0.15, -0.1) is 0 Å². The Morgan fingerprint density at radius 2 is 2.39 bits per heavy atom. The summed E-state index contributed by atoms with van der Waals surface area (Å²) >= 11 is 0. The molecular formula is C13H22N4O. The fraction of sp³-hybridized carbons (Fsp3) is 0.692. The largest absolute Gasteiger partial charge is 0.337 e. The number of nitrogens with zero attached hydrogens (tertiary/aromatic N) is 3. The summed E-state index contributed by atoms with van der Waals surface area (Å²) < 4.78 is 1.70. The lowest BCUT2D eigenvalue weighted by Crippen LogP contribution is -2.48. The molecule has 1 unspecified atom stereocenters. The molecule has 0 saturated carbocycles. The van der Waals surface area contributed by atoms with Crippen LogP contribution < -0.4 is 5.32 Å². The maximum absolute atomic E-state index is 12.4. The SMILES string of the molecule is CCNC1CCCN(C(=O)c2cn(C)nc2C)C1. The third kappa shape index (κ3) is 2.72. The van der Waals surface area contributed by atoms with Gasteiger partial charge in [0, 0.05) is 32.4 Å². The van der Waals surface area contributed by atoms with E-state index in [1.807, 2.05) is 25.1 Å². The summed E-state index contributed by atoms with van der Waals surface area (Å²) in [6.45, 7) is 6.61. The van der Waals surface area contributed by atoms with E-state index in [9.17, 15) is 4.79 Å². The van der Waals surface area contributed by atoms with E-state index in [-0.39, 0.29) is 5.91 Å². The number of carbonyl (C=O) groups excluding carboxylic acids is 1. The van der Waals surface area contributed by atoms with Crippen LogP contribution in [0.1, 0.15) is 35.8 Å². The molecule has 1 atom stereocenters. The Bertz CT molecular complexity index is 425. The Kier molecular flexibility index (Phi) is 4.01. The zero-order valence-corrected chi connectivity index (χ0v) is 11.4. The number of nitrogens with one attached hydrogen (secondary N) is 1. The van der Waals surface area contributed by atoms with Crippen molar-refractivity contribution in [3.8, 4) is 0 Å². The van der Waals surface area contributed by atoms with Gasteiger partial charge < -0.3 is 10.2 Å². The van der Waals surface area contributed by atoms with E-state index in [1.165, 1.54) is 0 Å². The van der Waals surface area contributed by atoms with Gasteiger partial charge in [-0.05, 0) is 26.3 Å². The molecule has 18 heavy (non-hydrogen) atoms. The molecule has 0 aromatic carbocycles. The van der Waals surface area contributed by atoms with Crippen molar-refractivity contribution in [1.82, 2.24) is 20.0 Å². The second kappa shape index (κ2) is 5.52. The monoisotopic (exact) mass is 250 g/mol. The highest BCUT2D eigenvalue weighted by atomic mass is 16.2. The summed E-state index contributed by atoms with van der Waals surface area (Å²) in [7, 11) is 1.85. The van der Waals surface area contributed by atoms with Crippen LogP contribution in [0.25, 0.3) is 0 Å². The van der Waals surface area contributed by atoms with Crippen LogP contribution in [-0.2, 0) is 7.05 Å². The Morgan fingerprint density at radius 3 is 3.00 bits per heavy atom. The number of likely N-dealkylation sites (tertiary alicyclic amines) is 1. The van der Waals surface area contributed by atoms with Crippen molar-refractivity contribution in [2.24, 2.45) is 7.05 Å². The van der Waals surface area contributed by atoms with Crippen molar-refractivity contribution in [2.45, 2.75) is 32.7 Å². The van der Waals surface area contributed by atoms with Crippen molar-refractivity contribution in [3.63, 3.8) is 0 Å². The maximum Gasteiger partial charge on any atom is 0.257 e. The zero-order chi connectivity index (χ0) is 13.1. The average Bonchev–Trinajstić information content (AvgIpc) is 2.68. The second-order valence-corrected chi connectivity index (χ2v) is 4.95. The smallest absolute Gasteiger partial charge is 0.257 e. The number of hydrogen-bond donors (Lipinski definition) is 1. The minimum absolute atomic E-state index is 0.114. The van der Waals surface area contributed by atoms with E-state index in [0.717, 1.165) is 43.7 Å². The van der Waals surface area contributed by atoms with Gasteiger partial charge in [-0.3, -0.25) is 9.48 Å². The Balaban J connectivity index is 2.06. The van der Waals surface area contributed by atoms with Crippen LogP contribution in [0.5, 0.6) is 0 Å². The van der Waals surface area contributed by atoms with Gasteiger partial charge in [0.05, 0.1) is 11.3 Å². The molecule has 1 aromatic heterocycles. The fourth-order valence-corrected chi connectivity index (χ4v) is 2.60. The number of likely N-dealkylation sites (N-methyl/N-ethyl adjacent to an activating group) is 1. The standard InChI is InChI=1S/C13H22N4O/c1-4-14-11-6-5-7-17(8-11)13(18)12-9-16(3)15-10(12)2/h9,11,14H,4-8H2,1-3H3. The van der Waals surface area contributed by atoms with E-state index in [2.05, 4.69) is 17.3 Å². The molecule has 5 heteroatoms. The summed E-state index contributed by atoms with van der Waals surface area (Å²) in [4.78, 5) is 14.4. The zero-order valence-electron chi connectivity index (χ0n) is 11.4. The number of hydrogen-bond acceptors (Lipinski definition) is 3. The molecular weight excluding hydrogens is 228 g/mol. The second-order valence-electron chi connectivity index (χ2n) is 4.95. The molecule has 2 rings (SSSR count). The number of carbonyl (C=O) groups is 1. The van der Waals surface area contributed by atoms with Crippen LogP contribution in [0, 0.1) is 6.92 Å². The number of aryl methyl sites for hydroxylation is 2. The summed E-state index contributed by atoms with van der Waals surface area (Å²) in [6.07, 6.45) is 4.04. The average molecular weight is 250 g/mol. The van der Waals surface area contributed by atoms with E-state index in [0.29, 0.717) is 6.04 Å². The van der Waals surface area contributed by atoms with Crippen molar-refractivity contribution < 1.29 is 4.79 Å². The van der Waals surface area contributed by atoms with Crippen LogP contribution in [0.3, 0.4) is 0 Å². The van der Waals surface area contributed by atoms with Crippen LogP contribution >= 0.6 is 0 Å². The highest BCUT2D eigenvalue weighted by Crippen LogP contribution is 2.15. The van der Waals surface area contributed by atoms with Gasteiger partial charge in [-0.25, -0.2) is 0 Å². The minimum atomic E-state index is 0.114. The fourth-order valence-electron chi connectivity index (χ4n) is 2.60. The number of rotatable bonds is 3. The predicted molar refractivity (Wildman–Crippen MR) is 70.5 cm³/mol. The molecule has 1 amide bonds. The molecule has 1 aliphatic rings. The molecule has 0 bridgehead atoms. The Hall–Kier alpha value is -1.36. The number of amides is 1. The molecule has 1 fully saturated rings. The lowest BCUT2D eigenvalue weighted by atomic mass is 10.0. The topological polar surface area (TPSA) is 50.2 Å². The van der Waals surface area contributed by atoms with Crippen molar-refractivity contribution in [1.29, 1.82) is 0 Å². The van der Waals surface area contributed by atoms with E-state index >= 15 is 0 Å². The predicted octanol–water partition coefficient (Wildman–Crippen LogP) is 0.943. The lowest BCUT2D eigenvalue weighted by Gasteiger charge is -2.33. The molecule has 5 nitrogen and oxygen atoms in total. The van der Waals surface area contributed by atoms with E-state index < -0.39 is 0 Å². The summed E-state index contributed by atoms with van der Waals surface area (Å²) in [5.74, 6) is 0.114. The minimum Gasteiger partial charge on any atom is -0.337 e. The first-order valence-electron chi connectivity index (χ1n) is 6.64. The first-order valence-corrected chi connectivity index (χ1v) is 6.64. The van der Waals surface area contributed by atoms with Crippen molar-refractivity contribution >= 4 is 5.91 Å². The summed E-state index contributed by atoms with van der Waals surface area (Å²) in [5.41, 5.74) is 1.54. The molecule has 1 saturated heterocycles. The number of aromatic nitrogens is 2. The lowest BCUT2D eigenvalue weighted by molar-refractivity contribution is 0.0695. The summed E-state index contributed by atoms with van der Waals surface area (Å²) in [5, 5.41) is 7.66. The van der Waals surface area contributed by atoms with Gasteiger partial charge in [0.2, 0.25) is 0 Å². The first-order chi connectivity index (χ1) is 8.61. The van der Waals surface area contributed by atoms with E-state index in [1.54, 1.807) is 4.68 Å². The maximum atomic E-state index is 12.4. The normalized spacial score (nSPS) is 20.2. The molecule has 1 aromatic rings. The van der Waals surface area contributed by atoms with Crippen LogP contribution in [0.2, 0.25) is 0 Å². The van der Waals surface area contributed by atoms with Crippen molar-refractivity contribution in [3.05, 3.63) is 17.5 Å². The van der Waals surface area contributed by atoms with E-state index in [4.69, 9.17) is 0 Å². The van der Waals surface area contributed by atoms with Gasteiger partial charge in [0.25, 0.3) is 5.91 Å². The molecule has 2 heterocycles. The van der Waals surface area contributed by atoms with Gasteiger partial charge >= 0.3 is 0 Å². The van der Waals surface area contributed by atoms with Gasteiger partial charge in [0.1, 0.15) is 0 Å². The third-order valence-corrected chi connectivity index (χ3v) is 3.45. The van der Waals surface area contributed by atoms with Crippen LogP contribution in [0.15, 0.2) is 6.20 Å². The molecule has 0 spiro atoms. The quantitative estimate of drug-likeness (QED) is 0.868. The van der Waals surface area contributed by atoms with Gasteiger partial charge in [0.15, 0.2) is 0 Å². The molecule has 1 aliphatic heterocycles.